The number of nitrogens with one attached hydrogen (secondary N) is 1. The van der Waals surface area contributed by atoms with Gasteiger partial charge in [0.2, 0.25) is 0 Å². The molecule has 0 bridgehead atoms. The number of benzene rings is 1. The maximum atomic E-state index is 13.1. The lowest BCUT2D eigenvalue weighted by Gasteiger charge is -2.10. The van der Waals surface area contributed by atoms with E-state index in [9.17, 15) is 4.79 Å². The molecule has 0 aliphatic rings. The summed E-state index contributed by atoms with van der Waals surface area (Å²) in [5.74, 6) is -0.200. The van der Waals surface area contributed by atoms with Gasteiger partial charge in [-0.05, 0) is 51.5 Å². The lowest BCUT2D eigenvalue weighted by molar-refractivity contribution is 0.102. The molecule has 0 unspecified atom stereocenters. The quantitative estimate of drug-likeness (QED) is 0.516. The van der Waals surface area contributed by atoms with Crippen LogP contribution in [0.15, 0.2) is 40.9 Å². The Morgan fingerprint density at radius 3 is 2.59 bits per heavy atom. The summed E-state index contributed by atoms with van der Waals surface area (Å²) in [4.78, 5) is 20.1. The number of amides is 1. The Morgan fingerprint density at radius 1 is 1.11 bits per heavy atom. The van der Waals surface area contributed by atoms with Gasteiger partial charge in [0.1, 0.15) is 0 Å². The molecule has 3 aromatic heterocycles. The molecule has 3 heterocycles. The molecule has 4 aromatic rings. The van der Waals surface area contributed by atoms with Crippen molar-refractivity contribution >= 4 is 34.0 Å². The van der Waals surface area contributed by atoms with Gasteiger partial charge in [-0.2, -0.15) is 0 Å². The van der Waals surface area contributed by atoms with Gasteiger partial charge in [-0.25, -0.2) is 4.98 Å². The van der Waals surface area contributed by atoms with Crippen molar-refractivity contribution in [2.75, 3.05) is 5.32 Å². The SMILES string of the molecule is Cc1cc(-c2cc(C(=O)Nc3ccccc3C)c3c(C)noc3n2)c(C)s1. The number of aromatic nitrogens is 2. The van der Waals surface area contributed by atoms with Gasteiger partial charge >= 0.3 is 0 Å². The fourth-order valence-electron chi connectivity index (χ4n) is 3.20. The highest BCUT2D eigenvalue weighted by Crippen LogP contribution is 2.33. The number of carbonyl (C=O) groups excluding carboxylic acids is 1. The first-order valence-corrected chi connectivity index (χ1v) is 9.47. The van der Waals surface area contributed by atoms with Crippen LogP contribution in [0.4, 0.5) is 5.69 Å². The van der Waals surface area contributed by atoms with E-state index in [4.69, 9.17) is 4.52 Å². The van der Waals surface area contributed by atoms with E-state index in [1.807, 2.05) is 44.2 Å². The van der Waals surface area contributed by atoms with Crippen LogP contribution in [0.2, 0.25) is 0 Å². The van der Waals surface area contributed by atoms with Crippen LogP contribution in [-0.2, 0) is 0 Å². The van der Waals surface area contributed by atoms with Crippen LogP contribution in [-0.4, -0.2) is 16.0 Å². The lowest BCUT2D eigenvalue weighted by Crippen LogP contribution is -2.14. The zero-order valence-corrected chi connectivity index (χ0v) is 16.4. The number of carbonyl (C=O) groups is 1. The molecule has 0 aliphatic carbocycles. The molecule has 0 radical (unpaired) electrons. The number of anilines is 1. The molecule has 1 amide bonds. The Kier molecular flexibility index (Phi) is 4.28. The third-order valence-electron chi connectivity index (χ3n) is 4.57. The molecule has 0 atom stereocenters. The second-order valence-electron chi connectivity index (χ2n) is 6.60. The average molecular weight is 377 g/mol. The summed E-state index contributed by atoms with van der Waals surface area (Å²) >= 11 is 1.71. The minimum Gasteiger partial charge on any atom is -0.335 e. The molecule has 0 fully saturated rings. The third-order valence-corrected chi connectivity index (χ3v) is 5.54. The number of rotatable bonds is 3. The number of thiophene rings is 1. The van der Waals surface area contributed by atoms with Crippen molar-refractivity contribution in [3.8, 4) is 11.3 Å². The second kappa shape index (κ2) is 6.63. The molecule has 6 heteroatoms. The fraction of sp³-hybridized carbons (Fsp3) is 0.190. The Hall–Kier alpha value is -2.99. The molecule has 136 valence electrons. The molecule has 0 aliphatic heterocycles. The highest BCUT2D eigenvalue weighted by Gasteiger charge is 2.21. The van der Waals surface area contributed by atoms with E-state index in [0.717, 1.165) is 27.4 Å². The maximum absolute atomic E-state index is 13.1. The summed E-state index contributed by atoms with van der Waals surface area (Å²) in [5.41, 5.74) is 5.06. The van der Waals surface area contributed by atoms with Crippen LogP contribution in [0.5, 0.6) is 0 Å². The summed E-state index contributed by atoms with van der Waals surface area (Å²) in [6, 6.07) is 11.6. The van der Waals surface area contributed by atoms with Crippen molar-refractivity contribution in [2.24, 2.45) is 0 Å². The third kappa shape index (κ3) is 3.13. The number of hydrogen-bond acceptors (Lipinski definition) is 5. The summed E-state index contributed by atoms with van der Waals surface area (Å²) in [5, 5.41) is 7.66. The zero-order chi connectivity index (χ0) is 19.1. The second-order valence-corrected chi connectivity index (χ2v) is 8.06. The van der Waals surface area contributed by atoms with Gasteiger partial charge in [-0.1, -0.05) is 23.4 Å². The minimum absolute atomic E-state index is 0.200. The number of hydrogen-bond donors (Lipinski definition) is 1. The van der Waals surface area contributed by atoms with Crippen molar-refractivity contribution in [3.05, 3.63) is 63.0 Å². The molecule has 1 aromatic carbocycles. The molecule has 4 rings (SSSR count). The van der Waals surface area contributed by atoms with Gasteiger partial charge in [0.25, 0.3) is 11.6 Å². The Labute approximate surface area is 161 Å². The number of nitrogens with zero attached hydrogens (tertiary/aromatic N) is 2. The fourth-order valence-corrected chi connectivity index (χ4v) is 4.13. The van der Waals surface area contributed by atoms with E-state index >= 15 is 0 Å². The maximum Gasteiger partial charge on any atom is 0.259 e. The van der Waals surface area contributed by atoms with Gasteiger partial charge < -0.3 is 9.84 Å². The van der Waals surface area contributed by atoms with Crippen LogP contribution >= 0.6 is 11.3 Å². The van der Waals surface area contributed by atoms with Crippen molar-refractivity contribution < 1.29 is 9.32 Å². The Morgan fingerprint density at radius 2 is 1.89 bits per heavy atom. The van der Waals surface area contributed by atoms with E-state index in [2.05, 4.69) is 35.4 Å². The van der Waals surface area contributed by atoms with Gasteiger partial charge in [0.05, 0.1) is 22.3 Å². The lowest BCUT2D eigenvalue weighted by atomic mass is 10.0. The van der Waals surface area contributed by atoms with Crippen LogP contribution < -0.4 is 5.32 Å². The number of aryl methyl sites for hydroxylation is 4. The van der Waals surface area contributed by atoms with Gasteiger partial charge in [0, 0.05) is 21.0 Å². The molecular formula is C21H19N3O2S. The first-order valence-electron chi connectivity index (χ1n) is 8.65. The summed E-state index contributed by atoms with van der Waals surface area (Å²) in [7, 11) is 0. The topological polar surface area (TPSA) is 68.0 Å². The summed E-state index contributed by atoms with van der Waals surface area (Å²) < 4.78 is 5.38. The van der Waals surface area contributed by atoms with Crippen LogP contribution in [0.3, 0.4) is 0 Å². The molecule has 0 saturated carbocycles. The van der Waals surface area contributed by atoms with Crippen molar-refractivity contribution in [1.82, 2.24) is 10.1 Å². The first kappa shape index (κ1) is 17.4. The molecular weight excluding hydrogens is 358 g/mol. The van der Waals surface area contributed by atoms with Crippen LogP contribution in [0.25, 0.3) is 22.4 Å². The predicted molar refractivity (Wildman–Crippen MR) is 108 cm³/mol. The van der Waals surface area contributed by atoms with E-state index in [-0.39, 0.29) is 5.91 Å². The number of para-hydroxylation sites is 1. The van der Waals surface area contributed by atoms with E-state index in [1.165, 1.54) is 4.88 Å². The van der Waals surface area contributed by atoms with Crippen LogP contribution in [0.1, 0.15) is 31.4 Å². The standard InChI is InChI=1S/C21H19N3O2S/c1-11-7-5-6-8-17(11)22-20(25)16-10-18(15-9-12(2)27-14(15)4)23-21-19(16)13(3)24-26-21/h5-10H,1-4H3,(H,22,25). The van der Waals surface area contributed by atoms with Gasteiger partial charge in [-0.3, -0.25) is 4.79 Å². The monoisotopic (exact) mass is 377 g/mol. The van der Waals surface area contributed by atoms with E-state index < -0.39 is 0 Å². The molecule has 5 nitrogen and oxygen atoms in total. The molecule has 1 N–H and O–H groups in total. The van der Waals surface area contributed by atoms with Crippen molar-refractivity contribution in [1.29, 1.82) is 0 Å². The Balaban J connectivity index is 1.85. The largest absolute Gasteiger partial charge is 0.335 e. The highest BCUT2D eigenvalue weighted by molar-refractivity contribution is 7.12. The van der Waals surface area contributed by atoms with E-state index in [1.54, 1.807) is 11.3 Å². The van der Waals surface area contributed by atoms with Gasteiger partial charge in [0.15, 0.2) is 0 Å². The average Bonchev–Trinajstić information content (AvgIpc) is 3.18. The van der Waals surface area contributed by atoms with Crippen LogP contribution in [0, 0.1) is 27.7 Å². The van der Waals surface area contributed by atoms with Gasteiger partial charge in [-0.15, -0.1) is 11.3 Å². The highest BCUT2D eigenvalue weighted by atomic mass is 32.1. The Bertz CT molecular complexity index is 1170. The number of pyridine rings is 1. The minimum atomic E-state index is -0.200. The van der Waals surface area contributed by atoms with E-state index in [0.29, 0.717) is 22.4 Å². The van der Waals surface area contributed by atoms with Crippen molar-refractivity contribution in [2.45, 2.75) is 27.7 Å². The predicted octanol–water partition coefficient (Wildman–Crippen LogP) is 5.44. The zero-order valence-electron chi connectivity index (χ0n) is 15.6. The molecule has 0 saturated heterocycles. The summed E-state index contributed by atoms with van der Waals surface area (Å²) in [6.07, 6.45) is 0. The normalized spacial score (nSPS) is 11.1. The van der Waals surface area contributed by atoms with Crippen molar-refractivity contribution in [3.63, 3.8) is 0 Å². The molecule has 0 spiro atoms. The number of fused-ring (bicyclic) bond motifs is 1. The molecule has 27 heavy (non-hydrogen) atoms. The smallest absolute Gasteiger partial charge is 0.259 e. The first-order chi connectivity index (χ1) is 12.9. The summed E-state index contributed by atoms with van der Waals surface area (Å²) in [6.45, 7) is 7.89.